The van der Waals surface area contributed by atoms with Gasteiger partial charge in [-0.1, -0.05) is 22.0 Å². The molecule has 2 rings (SSSR count). The average molecular weight is 401 g/mol. The summed E-state index contributed by atoms with van der Waals surface area (Å²) in [5.41, 5.74) is 8.65. The molecule has 106 valence electrons. The van der Waals surface area contributed by atoms with E-state index in [9.17, 15) is 0 Å². The standard InChI is InChI=1S/C15H15Br2NO2/c1-9-5-11(16)7-13(18)15(9)20-8-10-3-4-14(19-2)12(17)6-10/h3-7H,8,18H2,1-2H3. The second kappa shape index (κ2) is 6.50. The highest BCUT2D eigenvalue weighted by Gasteiger charge is 2.08. The van der Waals surface area contributed by atoms with E-state index in [1.165, 1.54) is 0 Å². The van der Waals surface area contributed by atoms with Crippen LogP contribution in [0.5, 0.6) is 11.5 Å². The zero-order chi connectivity index (χ0) is 14.7. The van der Waals surface area contributed by atoms with Crippen molar-refractivity contribution in [3.8, 4) is 11.5 Å². The minimum Gasteiger partial charge on any atom is -0.496 e. The van der Waals surface area contributed by atoms with Gasteiger partial charge in [-0.3, -0.25) is 0 Å². The third-order valence-corrected chi connectivity index (χ3v) is 3.95. The maximum atomic E-state index is 5.98. The van der Waals surface area contributed by atoms with Crippen molar-refractivity contribution >= 4 is 37.5 Å². The zero-order valence-electron chi connectivity index (χ0n) is 11.2. The third-order valence-electron chi connectivity index (χ3n) is 2.87. The molecule has 0 saturated carbocycles. The molecule has 0 aliphatic rings. The van der Waals surface area contributed by atoms with Crippen LogP contribution in [0.3, 0.4) is 0 Å². The fraction of sp³-hybridized carbons (Fsp3) is 0.200. The molecular formula is C15H15Br2NO2. The second-order valence-corrected chi connectivity index (χ2v) is 6.17. The number of hydrogen-bond acceptors (Lipinski definition) is 3. The van der Waals surface area contributed by atoms with Crippen LogP contribution in [0.15, 0.2) is 39.3 Å². The Morgan fingerprint density at radius 3 is 2.50 bits per heavy atom. The first-order chi connectivity index (χ1) is 9.51. The van der Waals surface area contributed by atoms with Crippen molar-refractivity contribution in [3.63, 3.8) is 0 Å². The lowest BCUT2D eigenvalue weighted by Gasteiger charge is -2.13. The molecule has 5 heteroatoms. The maximum absolute atomic E-state index is 5.98. The summed E-state index contributed by atoms with van der Waals surface area (Å²) in [6.45, 7) is 2.43. The van der Waals surface area contributed by atoms with Gasteiger partial charge in [0.2, 0.25) is 0 Å². The van der Waals surface area contributed by atoms with E-state index in [-0.39, 0.29) is 0 Å². The molecule has 0 heterocycles. The largest absolute Gasteiger partial charge is 0.496 e. The molecule has 2 N–H and O–H groups in total. The lowest BCUT2D eigenvalue weighted by molar-refractivity contribution is 0.305. The zero-order valence-corrected chi connectivity index (χ0v) is 14.4. The van der Waals surface area contributed by atoms with Crippen molar-refractivity contribution in [2.45, 2.75) is 13.5 Å². The highest BCUT2D eigenvalue weighted by atomic mass is 79.9. The number of benzene rings is 2. The summed E-state index contributed by atoms with van der Waals surface area (Å²) in [4.78, 5) is 0. The van der Waals surface area contributed by atoms with Gasteiger partial charge in [0.25, 0.3) is 0 Å². The Morgan fingerprint density at radius 1 is 1.15 bits per heavy atom. The Labute approximate surface area is 135 Å². The molecule has 0 aromatic heterocycles. The monoisotopic (exact) mass is 399 g/mol. The van der Waals surface area contributed by atoms with Crippen LogP contribution in [0.4, 0.5) is 5.69 Å². The second-order valence-electron chi connectivity index (χ2n) is 4.40. The van der Waals surface area contributed by atoms with Gasteiger partial charge in [0, 0.05) is 4.47 Å². The van der Waals surface area contributed by atoms with Crippen molar-refractivity contribution in [2.75, 3.05) is 12.8 Å². The molecule has 0 amide bonds. The van der Waals surface area contributed by atoms with Gasteiger partial charge in [0.1, 0.15) is 18.1 Å². The molecule has 0 fully saturated rings. The van der Waals surface area contributed by atoms with E-state index in [4.69, 9.17) is 15.2 Å². The van der Waals surface area contributed by atoms with E-state index in [0.29, 0.717) is 12.3 Å². The summed E-state index contributed by atoms with van der Waals surface area (Å²) in [5.74, 6) is 1.52. The molecule has 20 heavy (non-hydrogen) atoms. The minimum atomic E-state index is 0.454. The van der Waals surface area contributed by atoms with Crippen molar-refractivity contribution in [1.82, 2.24) is 0 Å². The van der Waals surface area contributed by atoms with Crippen LogP contribution in [0, 0.1) is 6.92 Å². The molecule has 0 aliphatic heterocycles. The maximum Gasteiger partial charge on any atom is 0.145 e. The van der Waals surface area contributed by atoms with Crippen LogP contribution < -0.4 is 15.2 Å². The summed E-state index contributed by atoms with van der Waals surface area (Å²) < 4.78 is 12.9. The van der Waals surface area contributed by atoms with Crippen LogP contribution in [0.2, 0.25) is 0 Å². The van der Waals surface area contributed by atoms with Gasteiger partial charge < -0.3 is 15.2 Å². The number of anilines is 1. The lowest BCUT2D eigenvalue weighted by Crippen LogP contribution is -2.01. The minimum absolute atomic E-state index is 0.454. The molecule has 0 atom stereocenters. The fourth-order valence-electron chi connectivity index (χ4n) is 1.91. The normalized spacial score (nSPS) is 10.4. The molecule has 3 nitrogen and oxygen atoms in total. The number of ether oxygens (including phenoxy) is 2. The summed E-state index contributed by atoms with van der Waals surface area (Å²) in [7, 11) is 1.64. The number of rotatable bonds is 4. The quantitative estimate of drug-likeness (QED) is 0.757. The van der Waals surface area contributed by atoms with Crippen LogP contribution in [0.1, 0.15) is 11.1 Å². The van der Waals surface area contributed by atoms with E-state index in [0.717, 1.165) is 31.6 Å². The Hall–Kier alpha value is -1.20. The van der Waals surface area contributed by atoms with Crippen molar-refractivity contribution in [3.05, 3.63) is 50.4 Å². The third kappa shape index (κ3) is 3.46. The van der Waals surface area contributed by atoms with Crippen LogP contribution in [0.25, 0.3) is 0 Å². The number of hydrogen-bond donors (Lipinski definition) is 1. The summed E-state index contributed by atoms with van der Waals surface area (Å²) in [6.07, 6.45) is 0. The Balaban J connectivity index is 2.15. The lowest BCUT2D eigenvalue weighted by atomic mass is 10.2. The Kier molecular flexibility index (Phi) is 4.94. The fourth-order valence-corrected chi connectivity index (χ4v) is 3.09. The molecule has 2 aromatic carbocycles. The first kappa shape index (κ1) is 15.2. The van der Waals surface area contributed by atoms with Crippen LogP contribution in [-0.2, 0) is 6.61 Å². The van der Waals surface area contributed by atoms with E-state index in [1.54, 1.807) is 7.11 Å². The van der Waals surface area contributed by atoms with Gasteiger partial charge in [0.05, 0.1) is 17.3 Å². The number of halogens is 2. The first-order valence-corrected chi connectivity index (χ1v) is 7.60. The summed E-state index contributed by atoms with van der Waals surface area (Å²) in [6, 6.07) is 9.67. The predicted octanol–water partition coefficient (Wildman–Crippen LogP) is 4.69. The van der Waals surface area contributed by atoms with Gasteiger partial charge in [-0.05, 0) is 58.2 Å². The van der Waals surface area contributed by atoms with Gasteiger partial charge >= 0.3 is 0 Å². The number of methoxy groups -OCH3 is 1. The molecule has 0 unspecified atom stereocenters. The topological polar surface area (TPSA) is 44.5 Å². The number of aryl methyl sites for hydroxylation is 1. The van der Waals surface area contributed by atoms with Crippen LogP contribution in [-0.4, -0.2) is 7.11 Å². The molecule has 0 saturated heterocycles. The van der Waals surface area contributed by atoms with E-state index >= 15 is 0 Å². The van der Waals surface area contributed by atoms with Gasteiger partial charge in [0.15, 0.2) is 0 Å². The van der Waals surface area contributed by atoms with Crippen LogP contribution >= 0.6 is 31.9 Å². The van der Waals surface area contributed by atoms with Gasteiger partial charge in [-0.15, -0.1) is 0 Å². The average Bonchev–Trinajstić information content (AvgIpc) is 2.37. The van der Waals surface area contributed by atoms with E-state index in [2.05, 4.69) is 31.9 Å². The van der Waals surface area contributed by atoms with Gasteiger partial charge in [-0.2, -0.15) is 0 Å². The van der Waals surface area contributed by atoms with Crippen molar-refractivity contribution in [2.24, 2.45) is 0 Å². The highest BCUT2D eigenvalue weighted by Crippen LogP contribution is 2.31. The first-order valence-electron chi connectivity index (χ1n) is 6.02. The van der Waals surface area contributed by atoms with Crippen molar-refractivity contribution in [1.29, 1.82) is 0 Å². The van der Waals surface area contributed by atoms with Crippen molar-refractivity contribution < 1.29 is 9.47 Å². The van der Waals surface area contributed by atoms with E-state index < -0.39 is 0 Å². The molecule has 0 spiro atoms. The molecule has 0 aliphatic carbocycles. The molecule has 0 radical (unpaired) electrons. The number of nitrogens with two attached hydrogens (primary N) is 1. The highest BCUT2D eigenvalue weighted by molar-refractivity contribution is 9.10. The smallest absolute Gasteiger partial charge is 0.145 e. The molecule has 0 bridgehead atoms. The van der Waals surface area contributed by atoms with E-state index in [1.807, 2.05) is 37.3 Å². The SMILES string of the molecule is COc1ccc(COc2c(C)cc(Br)cc2N)cc1Br. The predicted molar refractivity (Wildman–Crippen MR) is 88.3 cm³/mol. The summed E-state index contributed by atoms with van der Waals surface area (Å²) >= 11 is 6.87. The number of nitrogen functional groups attached to an aromatic ring is 1. The molecular weight excluding hydrogens is 386 g/mol. The van der Waals surface area contributed by atoms with Gasteiger partial charge in [-0.25, -0.2) is 0 Å². The molecule has 2 aromatic rings. The Bertz CT molecular complexity index is 606. The summed E-state index contributed by atoms with van der Waals surface area (Å²) in [5, 5.41) is 0. The Morgan fingerprint density at radius 2 is 1.90 bits per heavy atom.